The SMILES string of the molecule is CC1(C)CC(NC(=O)[C@H](CC2CCCC2)NC(=O)c2ccc(CN3CCOc4ncc(Br)cc43)s2)C1. The normalized spacial score (nSPS) is 20.2. The summed E-state index contributed by atoms with van der Waals surface area (Å²) in [6.07, 6.45) is 9.17. The van der Waals surface area contributed by atoms with Gasteiger partial charge in [0, 0.05) is 21.6 Å². The number of pyridine rings is 1. The fourth-order valence-electron chi connectivity index (χ4n) is 5.78. The molecule has 1 atom stereocenters. The quantitative estimate of drug-likeness (QED) is 0.447. The van der Waals surface area contributed by atoms with Gasteiger partial charge in [0.1, 0.15) is 18.3 Å². The molecule has 0 spiro atoms. The van der Waals surface area contributed by atoms with Gasteiger partial charge in [-0.25, -0.2) is 4.98 Å². The molecule has 2 aromatic rings. The molecular weight excluding hydrogens is 540 g/mol. The third-order valence-corrected chi connectivity index (χ3v) is 9.08. The first kappa shape index (κ1) is 25.5. The number of fused-ring (bicyclic) bond motifs is 1. The van der Waals surface area contributed by atoms with Gasteiger partial charge in [0.2, 0.25) is 11.8 Å². The third-order valence-electron chi connectivity index (χ3n) is 7.58. The first-order valence-corrected chi connectivity index (χ1v) is 14.6. The van der Waals surface area contributed by atoms with Gasteiger partial charge in [-0.05, 0) is 64.7 Å². The average molecular weight is 576 g/mol. The first-order chi connectivity index (χ1) is 17.3. The molecule has 0 aromatic carbocycles. The lowest BCUT2D eigenvalue weighted by Gasteiger charge is -2.43. The molecule has 9 heteroatoms. The molecule has 1 aliphatic heterocycles. The van der Waals surface area contributed by atoms with Crippen LogP contribution in [-0.2, 0) is 11.3 Å². The number of rotatable bonds is 8. The standard InChI is InChI=1S/C27H35BrN4O3S/c1-27(2)13-19(14-27)30-24(33)21(11-17-5-3-4-6-17)31-25(34)23-8-7-20(36-23)16-32-9-10-35-26-22(32)12-18(28)15-29-26/h7-8,12,15,17,19,21H,3-6,9-11,13-14,16H2,1-2H3,(H,30,33)(H,31,34)/t21-/m0/s1. The molecular formula is C27H35BrN4O3S. The molecule has 3 heterocycles. The Labute approximate surface area is 225 Å². The number of carbonyl (C=O) groups excluding carboxylic acids is 2. The van der Waals surface area contributed by atoms with Crippen LogP contribution in [0.3, 0.4) is 0 Å². The summed E-state index contributed by atoms with van der Waals surface area (Å²) in [7, 11) is 0. The van der Waals surface area contributed by atoms with Crippen LogP contribution in [-0.4, -0.2) is 42.0 Å². The molecule has 2 aromatic heterocycles. The summed E-state index contributed by atoms with van der Waals surface area (Å²) in [6, 6.07) is 5.62. The molecule has 7 nitrogen and oxygen atoms in total. The Morgan fingerprint density at radius 1 is 1.28 bits per heavy atom. The summed E-state index contributed by atoms with van der Waals surface area (Å²) >= 11 is 4.97. The molecule has 3 aliphatic rings. The van der Waals surface area contributed by atoms with Crippen molar-refractivity contribution in [2.45, 2.75) is 77.4 Å². The van der Waals surface area contributed by atoms with Crippen LogP contribution in [0.5, 0.6) is 5.88 Å². The summed E-state index contributed by atoms with van der Waals surface area (Å²) in [5, 5.41) is 6.28. The molecule has 0 bridgehead atoms. The second-order valence-corrected chi connectivity index (χ2v) is 13.3. The molecule has 2 aliphatic carbocycles. The van der Waals surface area contributed by atoms with E-state index in [-0.39, 0.29) is 17.9 Å². The summed E-state index contributed by atoms with van der Waals surface area (Å²) in [6.45, 7) is 6.47. The van der Waals surface area contributed by atoms with Crippen molar-refractivity contribution in [3.63, 3.8) is 0 Å². The van der Waals surface area contributed by atoms with E-state index >= 15 is 0 Å². The zero-order valence-corrected chi connectivity index (χ0v) is 23.4. The lowest BCUT2D eigenvalue weighted by molar-refractivity contribution is -0.125. The Morgan fingerprint density at radius 3 is 2.81 bits per heavy atom. The van der Waals surface area contributed by atoms with Crippen LogP contribution < -0.4 is 20.3 Å². The number of nitrogens with zero attached hydrogens (tertiary/aromatic N) is 2. The van der Waals surface area contributed by atoms with Crippen molar-refractivity contribution in [1.29, 1.82) is 0 Å². The number of hydrogen-bond acceptors (Lipinski definition) is 6. The van der Waals surface area contributed by atoms with Gasteiger partial charge in [0.05, 0.1) is 18.0 Å². The predicted molar refractivity (Wildman–Crippen MR) is 146 cm³/mol. The maximum atomic E-state index is 13.2. The Bertz CT molecular complexity index is 1110. The van der Waals surface area contributed by atoms with Crippen molar-refractivity contribution >= 4 is 44.8 Å². The van der Waals surface area contributed by atoms with Crippen LogP contribution in [0, 0.1) is 11.3 Å². The van der Waals surface area contributed by atoms with E-state index in [0.29, 0.717) is 35.2 Å². The highest BCUT2D eigenvalue weighted by Crippen LogP contribution is 2.40. The van der Waals surface area contributed by atoms with E-state index in [1.54, 1.807) is 6.20 Å². The molecule has 5 rings (SSSR count). The summed E-state index contributed by atoms with van der Waals surface area (Å²) in [4.78, 5) is 34.7. The van der Waals surface area contributed by atoms with Gasteiger partial charge in [-0.3, -0.25) is 9.59 Å². The van der Waals surface area contributed by atoms with Crippen molar-refractivity contribution in [2.24, 2.45) is 11.3 Å². The number of nitrogens with one attached hydrogen (secondary N) is 2. The highest BCUT2D eigenvalue weighted by Gasteiger charge is 2.38. The van der Waals surface area contributed by atoms with E-state index in [4.69, 9.17) is 4.74 Å². The number of carbonyl (C=O) groups is 2. The second-order valence-electron chi connectivity index (χ2n) is 11.2. The van der Waals surface area contributed by atoms with Crippen molar-refractivity contribution in [1.82, 2.24) is 15.6 Å². The van der Waals surface area contributed by atoms with E-state index in [1.807, 2.05) is 18.2 Å². The minimum Gasteiger partial charge on any atom is -0.474 e. The maximum absolute atomic E-state index is 13.2. The number of amides is 2. The van der Waals surface area contributed by atoms with Crippen molar-refractivity contribution < 1.29 is 14.3 Å². The Balaban J connectivity index is 1.23. The monoisotopic (exact) mass is 574 g/mol. The summed E-state index contributed by atoms with van der Waals surface area (Å²) in [5.74, 6) is 0.947. The van der Waals surface area contributed by atoms with Gasteiger partial charge in [-0.2, -0.15) is 0 Å². The molecule has 36 heavy (non-hydrogen) atoms. The summed E-state index contributed by atoms with van der Waals surface area (Å²) < 4.78 is 6.59. The van der Waals surface area contributed by atoms with E-state index < -0.39 is 6.04 Å². The number of anilines is 1. The molecule has 2 fully saturated rings. The second kappa shape index (κ2) is 10.7. The van der Waals surface area contributed by atoms with Crippen molar-refractivity contribution in [3.05, 3.63) is 38.6 Å². The Hall–Kier alpha value is -2.13. The topological polar surface area (TPSA) is 83.6 Å². The Morgan fingerprint density at radius 2 is 2.06 bits per heavy atom. The van der Waals surface area contributed by atoms with Gasteiger partial charge in [-0.15, -0.1) is 11.3 Å². The van der Waals surface area contributed by atoms with Crippen LogP contribution in [0.2, 0.25) is 0 Å². The number of thiophene rings is 1. The smallest absolute Gasteiger partial charge is 0.262 e. The molecule has 2 saturated carbocycles. The zero-order chi connectivity index (χ0) is 25.3. The molecule has 0 radical (unpaired) electrons. The van der Waals surface area contributed by atoms with E-state index in [1.165, 1.54) is 24.2 Å². The fourth-order valence-corrected chi connectivity index (χ4v) is 7.03. The number of ether oxygens (including phenoxy) is 1. The molecule has 2 amide bonds. The van der Waals surface area contributed by atoms with Gasteiger partial charge < -0.3 is 20.3 Å². The van der Waals surface area contributed by atoms with Crippen LogP contribution in [0.25, 0.3) is 0 Å². The van der Waals surface area contributed by atoms with Crippen molar-refractivity contribution in [2.75, 3.05) is 18.1 Å². The lowest BCUT2D eigenvalue weighted by Crippen LogP contribution is -2.54. The Kier molecular flexibility index (Phi) is 7.58. The van der Waals surface area contributed by atoms with Crippen LogP contribution in [0.1, 0.15) is 73.3 Å². The van der Waals surface area contributed by atoms with Gasteiger partial charge in [-0.1, -0.05) is 39.5 Å². The summed E-state index contributed by atoms with van der Waals surface area (Å²) in [5.41, 5.74) is 1.24. The number of aromatic nitrogens is 1. The largest absolute Gasteiger partial charge is 0.474 e. The highest BCUT2D eigenvalue weighted by molar-refractivity contribution is 9.10. The molecule has 0 saturated heterocycles. The number of hydrogen-bond donors (Lipinski definition) is 2. The van der Waals surface area contributed by atoms with E-state index in [2.05, 4.69) is 50.3 Å². The first-order valence-electron chi connectivity index (χ1n) is 13.0. The van der Waals surface area contributed by atoms with Crippen molar-refractivity contribution in [3.8, 4) is 5.88 Å². The van der Waals surface area contributed by atoms with Crippen LogP contribution in [0.15, 0.2) is 28.9 Å². The zero-order valence-electron chi connectivity index (χ0n) is 21.0. The minimum atomic E-state index is -0.482. The molecule has 0 unspecified atom stereocenters. The van der Waals surface area contributed by atoms with Crippen LogP contribution in [0.4, 0.5) is 5.69 Å². The average Bonchev–Trinajstić information content (AvgIpc) is 3.50. The lowest BCUT2D eigenvalue weighted by atomic mass is 9.68. The predicted octanol–water partition coefficient (Wildman–Crippen LogP) is 5.29. The minimum absolute atomic E-state index is 0.0319. The highest BCUT2D eigenvalue weighted by atomic mass is 79.9. The fraction of sp³-hybridized carbons (Fsp3) is 0.593. The van der Waals surface area contributed by atoms with E-state index in [0.717, 1.165) is 53.7 Å². The van der Waals surface area contributed by atoms with E-state index in [9.17, 15) is 9.59 Å². The molecule has 194 valence electrons. The van der Waals surface area contributed by atoms with Gasteiger partial charge in [0.15, 0.2) is 0 Å². The van der Waals surface area contributed by atoms with Crippen LogP contribution >= 0.6 is 27.3 Å². The number of halogens is 1. The molecule has 2 N–H and O–H groups in total. The third kappa shape index (κ3) is 6.05. The maximum Gasteiger partial charge on any atom is 0.262 e. The van der Waals surface area contributed by atoms with Gasteiger partial charge >= 0.3 is 0 Å². The van der Waals surface area contributed by atoms with Gasteiger partial charge in [0.25, 0.3) is 5.91 Å².